The molecule has 1 heterocycles. The molecule has 2 rings (SSSR count). The van der Waals surface area contributed by atoms with Gasteiger partial charge < -0.3 is 14.8 Å². The predicted molar refractivity (Wildman–Crippen MR) is 76.9 cm³/mol. The first-order valence-electron chi connectivity index (χ1n) is 7.00. The van der Waals surface area contributed by atoms with E-state index >= 15 is 0 Å². The van der Waals surface area contributed by atoms with Crippen molar-refractivity contribution in [3.63, 3.8) is 0 Å². The quantitative estimate of drug-likeness (QED) is 0.685. The highest BCUT2D eigenvalue weighted by molar-refractivity contribution is 5.98. The van der Waals surface area contributed by atoms with Gasteiger partial charge in [0.05, 0.1) is 6.08 Å². The third-order valence-corrected chi connectivity index (χ3v) is 3.44. The van der Waals surface area contributed by atoms with E-state index in [9.17, 15) is 14.0 Å². The van der Waals surface area contributed by atoms with E-state index in [2.05, 4.69) is 5.32 Å². The Labute approximate surface area is 128 Å². The Kier molecular flexibility index (Phi) is 4.49. The first-order valence-corrected chi connectivity index (χ1v) is 7.00. The van der Waals surface area contributed by atoms with E-state index in [1.54, 1.807) is 26.0 Å². The maximum absolute atomic E-state index is 13.4. The van der Waals surface area contributed by atoms with Crippen molar-refractivity contribution in [2.45, 2.75) is 39.5 Å². The number of halogens is 1. The van der Waals surface area contributed by atoms with Gasteiger partial charge in [-0.3, -0.25) is 4.79 Å². The molecule has 0 bridgehead atoms. The molecule has 118 valence electrons. The van der Waals surface area contributed by atoms with Crippen molar-refractivity contribution in [3.05, 3.63) is 47.0 Å². The van der Waals surface area contributed by atoms with Crippen LogP contribution in [0.25, 0.3) is 0 Å². The Hall–Kier alpha value is -2.37. The maximum Gasteiger partial charge on any atom is 0.377 e. The number of hydrogen-bond donors (Lipinski definition) is 1. The van der Waals surface area contributed by atoms with Crippen LogP contribution in [-0.2, 0) is 25.6 Å². The minimum atomic E-state index is -1.02. The second-order valence-electron chi connectivity index (χ2n) is 5.29. The summed E-state index contributed by atoms with van der Waals surface area (Å²) in [7, 11) is 0. The summed E-state index contributed by atoms with van der Waals surface area (Å²) in [5.41, 5.74) is 1.17. The normalized spacial score (nSPS) is 22.4. The van der Waals surface area contributed by atoms with Crippen molar-refractivity contribution in [1.29, 1.82) is 0 Å². The van der Waals surface area contributed by atoms with Crippen molar-refractivity contribution in [2.75, 3.05) is 0 Å². The predicted octanol–water partition coefficient (Wildman–Crippen LogP) is 2.33. The van der Waals surface area contributed by atoms with Crippen molar-refractivity contribution < 1.29 is 23.5 Å². The zero-order valence-corrected chi connectivity index (χ0v) is 12.7. The lowest BCUT2D eigenvalue weighted by atomic mass is 10.1. The fraction of sp³-hybridized carbons (Fsp3) is 0.375. The summed E-state index contributed by atoms with van der Waals surface area (Å²) < 4.78 is 23.8. The number of carbonyl (C=O) groups excluding carboxylic acids is 2. The van der Waals surface area contributed by atoms with Gasteiger partial charge in [-0.05, 0) is 24.1 Å². The summed E-state index contributed by atoms with van der Waals surface area (Å²) >= 11 is 0. The molecule has 0 saturated carbocycles. The standard InChI is InChI=1S/C16H18FNO4/c1-4-16(3)21-13(15(20)22-16)8-14(19)18-9-11-6-5-10(2)12(17)7-11/h5-8H,4,9H2,1-3H3,(H,18,19)/b13-8-. The van der Waals surface area contributed by atoms with Crippen LogP contribution in [0.2, 0.25) is 0 Å². The summed E-state index contributed by atoms with van der Waals surface area (Å²) in [6, 6.07) is 4.72. The third-order valence-electron chi connectivity index (χ3n) is 3.44. The smallest absolute Gasteiger partial charge is 0.377 e. The largest absolute Gasteiger partial charge is 0.445 e. The van der Waals surface area contributed by atoms with Gasteiger partial charge in [0.2, 0.25) is 11.7 Å². The minimum Gasteiger partial charge on any atom is -0.445 e. The molecule has 5 nitrogen and oxygen atoms in total. The Morgan fingerprint density at radius 2 is 2.14 bits per heavy atom. The number of hydrogen-bond acceptors (Lipinski definition) is 4. The SMILES string of the molecule is CCC1(C)OC(=O)/C(=C/C(=O)NCc2ccc(C)c(F)c2)O1. The molecule has 1 aromatic rings. The van der Waals surface area contributed by atoms with E-state index < -0.39 is 17.7 Å². The van der Waals surface area contributed by atoms with E-state index in [1.807, 2.05) is 6.92 Å². The molecule has 0 aromatic heterocycles. The topological polar surface area (TPSA) is 64.6 Å². The van der Waals surface area contributed by atoms with Crippen LogP contribution >= 0.6 is 0 Å². The van der Waals surface area contributed by atoms with Gasteiger partial charge in [0.1, 0.15) is 5.82 Å². The van der Waals surface area contributed by atoms with Crippen LogP contribution < -0.4 is 5.32 Å². The van der Waals surface area contributed by atoms with Crippen LogP contribution in [0.15, 0.2) is 30.0 Å². The molecule has 1 aliphatic rings. The summed E-state index contributed by atoms with van der Waals surface area (Å²) in [6.07, 6.45) is 1.52. The van der Waals surface area contributed by atoms with Crippen molar-refractivity contribution >= 4 is 11.9 Å². The monoisotopic (exact) mass is 307 g/mol. The summed E-state index contributed by atoms with van der Waals surface area (Å²) in [5, 5.41) is 2.57. The number of benzene rings is 1. The molecular weight excluding hydrogens is 289 g/mol. The summed E-state index contributed by atoms with van der Waals surface area (Å²) in [4.78, 5) is 23.4. The number of aryl methyl sites for hydroxylation is 1. The van der Waals surface area contributed by atoms with Gasteiger partial charge in [-0.1, -0.05) is 19.1 Å². The Bertz CT molecular complexity index is 641. The van der Waals surface area contributed by atoms with E-state index in [0.29, 0.717) is 17.5 Å². The van der Waals surface area contributed by atoms with Gasteiger partial charge in [-0.25, -0.2) is 9.18 Å². The van der Waals surface area contributed by atoms with Crippen LogP contribution in [-0.4, -0.2) is 17.7 Å². The fourth-order valence-electron chi connectivity index (χ4n) is 1.88. The van der Waals surface area contributed by atoms with E-state index in [-0.39, 0.29) is 18.1 Å². The number of carbonyl (C=O) groups is 2. The highest BCUT2D eigenvalue weighted by atomic mass is 19.1. The number of rotatable bonds is 4. The zero-order valence-electron chi connectivity index (χ0n) is 12.7. The van der Waals surface area contributed by atoms with Gasteiger partial charge in [0.15, 0.2) is 0 Å². The molecular formula is C16H18FNO4. The van der Waals surface area contributed by atoms with Crippen LogP contribution in [0.4, 0.5) is 4.39 Å². The van der Waals surface area contributed by atoms with Crippen molar-refractivity contribution in [3.8, 4) is 0 Å². The summed E-state index contributed by atoms with van der Waals surface area (Å²) in [5.74, 6) is -2.65. The van der Waals surface area contributed by atoms with Crippen LogP contribution in [0, 0.1) is 12.7 Å². The Morgan fingerprint density at radius 3 is 2.73 bits per heavy atom. The maximum atomic E-state index is 13.4. The summed E-state index contributed by atoms with van der Waals surface area (Å²) in [6.45, 7) is 5.25. The molecule has 1 N–H and O–H groups in total. The van der Waals surface area contributed by atoms with Crippen molar-refractivity contribution in [1.82, 2.24) is 5.32 Å². The fourth-order valence-corrected chi connectivity index (χ4v) is 1.88. The van der Waals surface area contributed by atoms with E-state index in [4.69, 9.17) is 9.47 Å². The van der Waals surface area contributed by atoms with Gasteiger partial charge in [0.25, 0.3) is 5.79 Å². The first kappa shape index (κ1) is 16.0. The molecule has 1 amide bonds. The van der Waals surface area contributed by atoms with Gasteiger partial charge in [0, 0.05) is 19.9 Å². The molecule has 1 saturated heterocycles. The number of cyclic esters (lactones) is 1. The van der Waals surface area contributed by atoms with Gasteiger partial charge in [-0.2, -0.15) is 0 Å². The first-order chi connectivity index (χ1) is 10.3. The number of nitrogens with one attached hydrogen (secondary N) is 1. The molecule has 0 radical (unpaired) electrons. The van der Waals surface area contributed by atoms with E-state index in [1.165, 1.54) is 6.07 Å². The lowest BCUT2D eigenvalue weighted by molar-refractivity contribution is -0.165. The second-order valence-corrected chi connectivity index (χ2v) is 5.29. The molecule has 1 aromatic carbocycles. The van der Waals surface area contributed by atoms with Crippen LogP contribution in [0.5, 0.6) is 0 Å². The van der Waals surface area contributed by atoms with Gasteiger partial charge in [-0.15, -0.1) is 0 Å². The molecule has 1 fully saturated rings. The molecule has 22 heavy (non-hydrogen) atoms. The molecule has 0 spiro atoms. The number of ether oxygens (including phenoxy) is 2. The van der Waals surface area contributed by atoms with E-state index in [0.717, 1.165) is 6.08 Å². The molecule has 6 heteroatoms. The third kappa shape index (κ3) is 3.63. The average Bonchev–Trinajstić information content (AvgIpc) is 2.75. The molecule has 1 aliphatic heterocycles. The zero-order chi connectivity index (χ0) is 16.3. The lowest BCUT2D eigenvalue weighted by Crippen LogP contribution is -2.24. The van der Waals surface area contributed by atoms with Crippen LogP contribution in [0.3, 0.4) is 0 Å². The Balaban J connectivity index is 1.97. The second kappa shape index (κ2) is 6.17. The molecule has 1 unspecified atom stereocenters. The number of amides is 1. The lowest BCUT2D eigenvalue weighted by Gasteiger charge is -2.18. The molecule has 1 atom stereocenters. The number of esters is 1. The van der Waals surface area contributed by atoms with Crippen molar-refractivity contribution in [2.24, 2.45) is 0 Å². The minimum absolute atomic E-state index is 0.128. The highest BCUT2D eigenvalue weighted by Crippen LogP contribution is 2.29. The van der Waals surface area contributed by atoms with Gasteiger partial charge >= 0.3 is 5.97 Å². The average molecular weight is 307 g/mol. The van der Waals surface area contributed by atoms with Crippen LogP contribution in [0.1, 0.15) is 31.4 Å². The highest BCUT2D eigenvalue weighted by Gasteiger charge is 2.40. The Morgan fingerprint density at radius 1 is 1.41 bits per heavy atom. The molecule has 0 aliphatic carbocycles.